The van der Waals surface area contributed by atoms with Gasteiger partial charge in [0.15, 0.2) is 5.82 Å². The Balaban J connectivity index is 2.22. The number of nitrogens with zero attached hydrogens (tertiary/aromatic N) is 3. The van der Waals surface area contributed by atoms with E-state index in [0.29, 0.717) is 5.69 Å². The summed E-state index contributed by atoms with van der Waals surface area (Å²) in [7, 11) is 0. The highest BCUT2D eigenvalue weighted by molar-refractivity contribution is 7.09. The molecule has 17 heavy (non-hydrogen) atoms. The van der Waals surface area contributed by atoms with Gasteiger partial charge in [-0.1, -0.05) is 17.5 Å². The number of nitrogens with two attached hydrogens (primary N) is 1. The number of H-pyrrole nitrogens is 1. The van der Waals surface area contributed by atoms with Crippen LogP contribution in [-0.4, -0.2) is 19.6 Å². The van der Waals surface area contributed by atoms with Crippen molar-refractivity contribution in [2.45, 2.75) is 13.3 Å². The Hall–Kier alpha value is -1.95. The molecule has 0 aliphatic carbocycles. The lowest BCUT2D eigenvalue weighted by Crippen LogP contribution is -1.86. The highest BCUT2D eigenvalue weighted by Crippen LogP contribution is 2.27. The summed E-state index contributed by atoms with van der Waals surface area (Å²) in [5.74, 6) is 0.796. The first-order valence-electron chi connectivity index (χ1n) is 5.35. The number of nitrogen functional groups attached to an aromatic ring is 1. The zero-order valence-corrected chi connectivity index (χ0v) is 10.1. The third kappa shape index (κ3) is 1.57. The molecule has 0 fully saturated rings. The molecule has 5 nitrogen and oxygen atoms in total. The molecule has 2 heterocycles. The maximum Gasteiger partial charge on any atom is 0.152 e. The lowest BCUT2D eigenvalue weighted by molar-refractivity contribution is 0.990. The molecule has 0 aliphatic rings. The van der Waals surface area contributed by atoms with Crippen molar-refractivity contribution in [2.24, 2.45) is 0 Å². The number of aryl methyl sites for hydroxylation is 1. The number of para-hydroxylation sites is 1. The molecule has 0 amide bonds. The number of rotatable bonds is 2. The van der Waals surface area contributed by atoms with E-state index in [1.165, 1.54) is 11.5 Å². The first-order chi connectivity index (χ1) is 8.29. The molecule has 86 valence electrons. The molecule has 6 heteroatoms. The molecule has 2 aromatic heterocycles. The van der Waals surface area contributed by atoms with Crippen LogP contribution in [0.15, 0.2) is 18.2 Å². The van der Waals surface area contributed by atoms with Gasteiger partial charge in [0, 0.05) is 0 Å². The maximum absolute atomic E-state index is 5.88. The minimum atomic E-state index is 0.681. The minimum Gasteiger partial charge on any atom is -0.397 e. The highest BCUT2D eigenvalue weighted by Gasteiger charge is 2.13. The fourth-order valence-corrected chi connectivity index (χ4v) is 2.48. The highest BCUT2D eigenvalue weighted by atomic mass is 32.1. The quantitative estimate of drug-likeness (QED) is 0.678. The Kier molecular flexibility index (Phi) is 2.29. The number of anilines is 1. The van der Waals surface area contributed by atoms with Gasteiger partial charge in [0.2, 0.25) is 0 Å². The largest absolute Gasteiger partial charge is 0.397 e. The van der Waals surface area contributed by atoms with Gasteiger partial charge in [-0.2, -0.15) is 0 Å². The molecule has 0 unspecified atom stereocenters. The van der Waals surface area contributed by atoms with Crippen LogP contribution in [0.4, 0.5) is 5.69 Å². The number of nitrogens with one attached hydrogen (secondary N) is 1. The number of aromatic nitrogens is 4. The summed E-state index contributed by atoms with van der Waals surface area (Å²) in [6.07, 6.45) is 0.846. The van der Waals surface area contributed by atoms with E-state index in [-0.39, 0.29) is 0 Å². The van der Waals surface area contributed by atoms with Crippen molar-refractivity contribution < 1.29 is 0 Å². The van der Waals surface area contributed by atoms with Crippen LogP contribution in [0, 0.1) is 0 Å². The van der Waals surface area contributed by atoms with Crippen LogP contribution in [0.1, 0.15) is 12.6 Å². The third-order valence-corrected chi connectivity index (χ3v) is 3.42. The van der Waals surface area contributed by atoms with Crippen molar-refractivity contribution in [3.8, 4) is 10.7 Å². The lowest BCUT2D eigenvalue weighted by atomic mass is 10.3. The van der Waals surface area contributed by atoms with Gasteiger partial charge in [0.1, 0.15) is 10.4 Å². The van der Waals surface area contributed by atoms with E-state index in [0.717, 1.165) is 33.8 Å². The third-order valence-electron chi connectivity index (χ3n) is 2.65. The van der Waals surface area contributed by atoms with Gasteiger partial charge in [-0.3, -0.25) is 0 Å². The Bertz CT molecular complexity index is 669. The SMILES string of the molecule is CCc1nnsc1-c1nc2c(N)cccc2[nH]1. The molecule has 1 aromatic carbocycles. The van der Waals surface area contributed by atoms with Crippen LogP contribution in [0.2, 0.25) is 0 Å². The molecular weight excluding hydrogens is 234 g/mol. The van der Waals surface area contributed by atoms with Gasteiger partial charge in [-0.25, -0.2) is 4.98 Å². The summed E-state index contributed by atoms with van der Waals surface area (Å²) < 4.78 is 3.96. The molecule has 0 saturated carbocycles. The molecule has 3 N–H and O–H groups in total. The number of aromatic amines is 1. The smallest absolute Gasteiger partial charge is 0.152 e. The van der Waals surface area contributed by atoms with Crippen molar-refractivity contribution >= 4 is 28.3 Å². The first kappa shape index (κ1) is 10.2. The van der Waals surface area contributed by atoms with Gasteiger partial charge in [0.25, 0.3) is 0 Å². The number of fused-ring (bicyclic) bond motifs is 1. The van der Waals surface area contributed by atoms with E-state index in [1.54, 1.807) is 0 Å². The molecule has 0 aliphatic heterocycles. The summed E-state index contributed by atoms with van der Waals surface area (Å²) in [5, 5.41) is 4.08. The normalized spacial score (nSPS) is 11.1. The van der Waals surface area contributed by atoms with Crippen molar-refractivity contribution in [1.82, 2.24) is 19.6 Å². The van der Waals surface area contributed by atoms with Crippen LogP contribution in [0.5, 0.6) is 0 Å². The second-order valence-electron chi connectivity index (χ2n) is 3.73. The van der Waals surface area contributed by atoms with Gasteiger partial charge in [-0.05, 0) is 30.1 Å². The van der Waals surface area contributed by atoms with E-state index in [9.17, 15) is 0 Å². The standard InChI is InChI=1S/C11H11N5S/c1-2-7-10(17-16-15-7)11-13-8-5-3-4-6(12)9(8)14-11/h3-5H,2,12H2,1H3,(H,13,14). The fraction of sp³-hybridized carbons (Fsp3) is 0.182. The average molecular weight is 245 g/mol. The van der Waals surface area contributed by atoms with Crippen molar-refractivity contribution in [2.75, 3.05) is 5.73 Å². The van der Waals surface area contributed by atoms with Crippen LogP contribution in [0.25, 0.3) is 21.7 Å². The maximum atomic E-state index is 5.88. The molecule has 0 saturated heterocycles. The van der Waals surface area contributed by atoms with Gasteiger partial charge in [0.05, 0.1) is 16.9 Å². The lowest BCUT2D eigenvalue weighted by Gasteiger charge is -1.91. The zero-order chi connectivity index (χ0) is 11.8. The fourth-order valence-electron chi connectivity index (χ4n) is 1.78. The molecule has 0 spiro atoms. The van der Waals surface area contributed by atoms with Crippen LogP contribution in [-0.2, 0) is 6.42 Å². The predicted molar refractivity (Wildman–Crippen MR) is 68.8 cm³/mol. The number of imidazole rings is 1. The summed E-state index contributed by atoms with van der Waals surface area (Å²) >= 11 is 1.35. The monoisotopic (exact) mass is 245 g/mol. The van der Waals surface area contributed by atoms with Gasteiger partial charge >= 0.3 is 0 Å². The van der Waals surface area contributed by atoms with Crippen LogP contribution < -0.4 is 5.73 Å². The van der Waals surface area contributed by atoms with Crippen molar-refractivity contribution in [3.63, 3.8) is 0 Å². The zero-order valence-electron chi connectivity index (χ0n) is 9.27. The number of hydrogen-bond donors (Lipinski definition) is 2. The summed E-state index contributed by atoms with van der Waals surface area (Å²) in [6.45, 7) is 2.05. The first-order valence-corrected chi connectivity index (χ1v) is 6.12. The summed E-state index contributed by atoms with van der Waals surface area (Å²) in [4.78, 5) is 8.75. The molecule has 0 bridgehead atoms. The molecule has 0 radical (unpaired) electrons. The molecule has 0 atom stereocenters. The average Bonchev–Trinajstić information content (AvgIpc) is 2.94. The van der Waals surface area contributed by atoms with Crippen molar-refractivity contribution in [3.05, 3.63) is 23.9 Å². The van der Waals surface area contributed by atoms with Crippen LogP contribution in [0.3, 0.4) is 0 Å². The van der Waals surface area contributed by atoms with E-state index in [2.05, 4.69) is 26.5 Å². The Morgan fingerprint density at radius 3 is 3.06 bits per heavy atom. The van der Waals surface area contributed by atoms with Gasteiger partial charge in [-0.15, -0.1) is 5.10 Å². The second kappa shape index (κ2) is 3.81. The van der Waals surface area contributed by atoms with Gasteiger partial charge < -0.3 is 10.7 Å². The molecular formula is C11H11N5S. The van der Waals surface area contributed by atoms with Crippen molar-refractivity contribution in [1.29, 1.82) is 0 Å². The number of hydrogen-bond acceptors (Lipinski definition) is 5. The second-order valence-corrected chi connectivity index (χ2v) is 4.49. The Morgan fingerprint density at radius 2 is 2.29 bits per heavy atom. The van der Waals surface area contributed by atoms with E-state index < -0.39 is 0 Å². The Labute approximate surface area is 102 Å². The molecule has 3 aromatic rings. The Morgan fingerprint density at radius 1 is 1.41 bits per heavy atom. The number of benzene rings is 1. The minimum absolute atomic E-state index is 0.681. The topological polar surface area (TPSA) is 80.5 Å². The van der Waals surface area contributed by atoms with Crippen LogP contribution >= 0.6 is 11.5 Å². The summed E-state index contributed by atoms with van der Waals surface area (Å²) in [5.41, 5.74) is 9.27. The van der Waals surface area contributed by atoms with E-state index in [1.807, 2.05) is 18.2 Å². The van der Waals surface area contributed by atoms with E-state index in [4.69, 9.17) is 5.73 Å². The molecule has 3 rings (SSSR count). The predicted octanol–water partition coefficient (Wildman–Crippen LogP) is 2.23. The summed E-state index contributed by atoms with van der Waals surface area (Å²) in [6, 6.07) is 5.71. The van der Waals surface area contributed by atoms with E-state index >= 15 is 0 Å².